The molecular weight excluding hydrogens is 281 g/mol. The Hall–Kier alpha value is 2.46. The van der Waals surface area contributed by atoms with Gasteiger partial charge in [-0.15, -0.1) is 0 Å². The second kappa shape index (κ2) is 6.58. The van der Waals surface area contributed by atoms with Crippen molar-refractivity contribution in [3.63, 3.8) is 0 Å². The molecule has 0 atom stereocenters. The minimum Gasteiger partial charge on any atom is 1.00 e. The van der Waals surface area contributed by atoms with Crippen molar-refractivity contribution in [1.29, 1.82) is 0 Å². The van der Waals surface area contributed by atoms with Crippen LogP contribution in [0.2, 0.25) is 0 Å². The molecule has 0 spiro atoms. The van der Waals surface area contributed by atoms with Gasteiger partial charge in [0.15, 0.2) is 0 Å². The molecule has 0 fully saturated rings. The summed E-state index contributed by atoms with van der Waals surface area (Å²) in [6.45, 7) is 0. The van der Waals surface area contributed by atoms with Crippen LogP contribution in [0.1, 0.15) is 0 Å². The van der Waals surface area contributed by atoms with Crippen LogP contribution in [0.5, 0.6) is 0 Å². The number of hydrogen-bond acceptors (Lipinski definition) is 4. The molecule has 0 bridgehead atoms. The fourth-order valence-corrected chi connectivity index (χ4v) is 0. The Kier molecular flexibility index (Phi) is 15.2. The quantitative estimate of drug-likeness (QED) is 0.413. The molecule has 4 nitrogen and oxygen atoms in total. The second-order valence-electron chi connectivity index (χ2n) is 0.447. The first kappa shape index (κ1) is 16.2. The summed E-state index contributed by atoms with van der Waals surface area (Å²) in [6.07, 6.45) is 0. The van der Waals surface area contributed by atoms with Crippen molar-refractivity contribution in [2.24, 2.45) is 0 Å². The zero-order valence-electron chi connectivity index (χ0n) is 3.79. The first-order chi connectivity index (χ1) is 2.00. The van der Waals surface area contributed by atoms with E-state index < -0.39 is 14.5 Å². The van der Waals surface area contributed by atoms with E-state index in [0.717, 1.165) is 0 Å². The van der Waals surface area contributed by atoms with Gasteiger partial charge in [-0.2, -0.15) is 0 Å². The van der Waals surface area contributed by atoms with Crippen LogP contribution in [0.4, 0.5) is 0 Å². The number of rotatable bonds is 0. The molecule has 0 aromatic rings. The average molecular weight is 281 g/mol. The molecule has 0 N–H and O–H groups in total. The van der Waals surface area contributed by atoms with Crippen molar-refractivity contribution in [2.45, 2.75) is 0 Å². The zero-order chi connectivity index (χ0) is 4.50. The van der Waals surface area contributed by atoms with Gasteiger partial charge in [-0.05, 0) is 0 Å². The normalized spacial score (nSPS) is 8.43. The molecule has 32 valence electrons. The Morgan fingerprint density at radius 1 is 1.14 bits per heavy atom. The fraction of sp³-hybridized carbons (Fsp3) is 0. The summed E-state index contributed by atoms with van der Waals surface area (Å²) in [4.78, 5) is 0. The molecule has 0 aromatic heterocycles. The second-order valence-corrected chi connectivity index (χ2v) is 2.32. The molecule has 0 aliphatic rings. The molecule has 0 aliphatic carbocycles. The largest absolute Gasteiger partial charge is 2.00 e. The minimum atomic E-state index is -5.88. The molecule has 0 saturated heterocycles. The molecule has 0 radical (unpaired) electrons. The van der Waals surface area contributed by atoms with Crippen LogP contribution in [-0.4, -0.2) is 24.6 Å². The van der Waals surface area contributed by atoms with E-state index >= 15 is 0 Å². The van der Waals surface area contributed by atoms with Crippen LogP contribution in [-0.2, 0) is 3.74 Å². The Morgan fingerprint density at radius 3 is 1.14 bits per heavy atom. The van der Waals surface area contributed by atoms with E-state index in [1.54, 1.807) is 0 Å². The molecule has 0 rings (SSSR count). The van der Waals surface area contributed by atoms with Crippen LogP contribution in [0.15, 0.2) is 0 Å². The third-order valence-corrected chi connectivity index (χ3v) is 0. The zero-order valence-corrected chi connectivity index (χ0v) is 11.9. The van der Waals surface area contributed by atoms with E-state index in [1.165, 1.54) is 0 Å². The summed E-state index contributed by atoms with van der Waals surface area (Å²) in [5.74, 6) is 0. The average Bonchev–Trinajstić information content (AvgIpc) is 0.722. The van der Waals surface area contributed by atoms with Crippen LogP contribution in [0, 0.1) is 0 Å². The molecular formula is AsBeCsO4. The first-order valence-corrected chi connectivity index (χ1v) is 3.79. The SMILES string of the molecule is O=[As]([O-])([O-])[O-].[Be+2].[Cs+]. The topological polar surface area (TPSA) is 86.2 Å². The summed E-state index contributed by atoms with van der Waals surface area (Å²) in [5, 5.41) is 0. The maximum absolute atomic E-state index is 8.61. The van der Waals surface area contributed by atoms with Gasteiger partial charge in [-0.1, -0.05) is 0 Å². The van der Waals surface area contributed by atoms with E-state index in [4.69, 9.17) is 16.0 Å². The van der Waals surface area contributed by atoms with Gasteiger partial charge in [-0.25, -0.2) is 0 Å². The van der Waals surface area contributed by atoms with Gasteiger partial charge < -0.3 is 0 Å². The third-order valence-electron chi connectivity index (χ3n) is 0. The van der Waals surface area contributed by atoms with Gasteiger partial charge in [-0.3, -0.25) is 0 Å². The molecule has 0 amide bonds. The van der Waals surface area contributed by atoms with Crippen molar-refractivity contribution in [2.75, 3.05) is 0 Å². The molecule has 7 heavy (non-hydrogen) atoms. The predicted molar refractivity (Wildman–Crippen MR) is 12.2 cm³/mol. The van der Waals surface area contributed by atoms with E-state index in [9.17, 15) is 0 Å². The maximum Gasteiger partial charge on any atom is 2.00 e. The van der Waals surface area contributed by atoms with Gasteiger partial charge in [0, 0.05) is 0 Å². The van der Waals surface area contributed by atoms with E-state index in [2.05, 4.69) is 0 Å². The fourth-order valence-electron chi connectivity index (χ4n) is 0. The summed E-state index contributed by atoms with van der Waals surface area (Å²) in [7, 11) is 0. The summed E-state index contributed by atoms with van der Waals surface area (Å²) >= 11 is -5.88. The van der Waals surface area contributed by atoms with Gasteiger partial charge >= 0.3 is 110 Å². The molecule has 0 aromatic carbocycles. The Morgan fingerprint density at radius 2 is 1.14 bits per heavy atom. The smallest absolute Gasteiger partial charge is 1.00 e. The Balaban J connectivity index is -0.0000000800. The standard InChI is InChI=1S/AsH3O4.Be.Cs/c2-1(3,4)5;;/h(H3,2,3,4,5);;/q;+2;+1/p-3. The molecule has 0 saturated carbocycles. The summed E-state index contributed by atoms with van der Waals surface area (Å²) in [6, 6.07) is 0. The minimum absolute atomic E-state index is 0. The molecule has 0 aliphatic heterocycles. The molecule has 0 unspecified atom stereocenters. The summed E-state index contributed by atoms with van der Waals surface area (Å²) < 4.78 is 34.4. The first-order valence-electron chi connectivity index (χ1n) is 0.730. The van der Waals surface area contributed by atoms with Gasteiger partial charge in [0.1, 0.15) is 0 Å². The van der Waals surface area contributed by atoms with Crippen molar-refractivity contribution in [1.82, 2.24) is 0 Å². The maximum atomic E-state index is 8.61. The van der Waals surface area contributed by atoms with Crippen LogP contribution in [0.3, 0.4) is 0 Å². The van der Waals surface area contributed by atoms with Crippen molar-refractivity contribution >= 4 is 24.6 Å². The number of hydrogen-bond donors (Lipinski definition) is 0. The van der Waals surface area contributed by atoms with Crippen LogP contribution >= 0.6 is 0 Å². The van der Waals surface area contributed by atoms with E-state index in [1.807, 2.05) is 0 Å². The molecule has 0 heterocycles. The Bertz CT molecular complexity index is 57.8. The van der Waals surface area contributed by atoms with Gasteiger partial charge in [0.2, 0.25) is 0 Å². The van der Waals surface area contributed by atoms with E-state index in [-0.39, 0.29) is 79.0 Å². The third kappa shape index (κ3) is 58.4. The van der Waals surface area contributed by atoms with Gasteiger partial charge in [0.05, 0.1) is 0 Å². The van der Waals surface area contributed by atoms with Crippen LogP contribution < -0.4 is 81.2 Å². The van der Waals surface area contributed by atoms with Crippen molar-refractivity contribution in [3.8, 4) is 0 Å². The van der Waals surface area contributed by atoms with Crippen molar-refractivity contribution in [3.05, 3.63) is 0 Å². The van der Waals surface area contributed by atoms with Crippen LogP contribution in [0.25, 0.3) is 0 Å². The monoisotopic (exact) mass is 281 g/mol. The van der Waals surface area contributed by atoms with Gasteiger partial charge in [0.25, 0.3) is 0 Å². The summed E-state index contributed by atoms with van der Waals surface area (Å²) in [5.41, 5.74) is 0. The van der Waals surface area contributed by atoms with Crippen molar-refractivity contribution < 1.29 is 84.9 Å². The predicted octanol–water partition coefficient (Wildman–Crippen LogP) is -7.44. The Labute approximate surface area is 107 Å². The van der Waals surface area contributed by atoms with E-state index in [0.29, 0.717) is 0 Å². The molecule has 7 heteroatoms.